The number of nitrogens with one attached hydrogen (secondary N) is 1. The highest BCUT2D eigenvalue weighted by molar-refractivity contribution is 5.99. The number of halogens is 1. The van der Waals surface area contributed by atoms with Crippen LogP contribution in [0.1, 0.15) is 12.2 Å². The van der Waals surface area contributed by atoms with Gasteiger partial charge >= 0.3 is 6.02 Å². The van der Waals surface area contributed by atoms with Crippen LogP contribution in [0.2, 0.25) is 0 Å². The van der Waals surface area contributed by atoms with Gasteiger partial charge in [0.15, 0.2) is 5.75 Å². The largest absolute Gasteiger partial charge is 0.421 e. The topological polar surface area (TPSA) is 97.8 Å². The Morgan fingerprint density at radius 1 is 1.48 bits per heavy atom. The molecule has 1 unspecified atom stereocenters. The van der Waals surface area contributed by atoms with Crippen molar-refractivity contribution in [3.8, 4) is 5.75 Å². The van der Waals surface area contributed by atoms with E-state index in [1.54, 1.807) is 14.0 Å². The lowest BCUT2D eigenvalue weighted by molar-refractivity contribution is 0.486. The van der Waals surface area contributed by atoms with Crippen molar-refractivity contribution in [3.63, 3.8) is 0 Å². The van der Waals surface area contributed by atoms with Gasteiger partial charge in [-0.2, -0.15) is 4.99 Å². The third-order valence-corrected chi connectivity index (χ3v) is 3.23. The van der Waals surface area contributed by atoms with Crippen LogP contribution < -0.4 is 15.8 Å². The number of aliphatic imine (C=N–C) groups is 2. The van der Waals surface area contributed by atoms with Crippen LogP contribution in [0.4, 0.5) is 4.39 Å². The van der Waals surface area contributed by atoms with Crippen molar-refractivity contribution in [1.29, 1.82) is 0 Å². The highest BCUT2D eigenvalue weighted by Gasteiger charge is 2.28. The molecule has 122 valence electrons. The Labute approximate surface area is 133 Å². The molecule has 3 N–H and O–H groups in total. The van der Waals surface area contributed by atoms with E-state index in [2.05, 4.69) is 31.8 Å². The number of allylic oxidation sites excluding steroid dienone is 2. The summed E-state index contributed by atoms with van der Waals surface area (Å²) in [6.45, 7) is 5.14. The molecule has 1 aromatic heterocycles. The van der Waals surface area contributed by atoms with Gasteiger partial charge in [0.05, 0.1) is 24.5 Å². The maximum atomic E-state index is 13.3. The van der Waals surface area contributed by atoms with Gasteiger partial charge in [-0.25, -0.2) is 19.4 Å². The molecule has 0 spiro atoms. The summed E-state index contributed by atoms with van der Waals surface area (Å²) in [6.07, 6.45) is 5.91. The van der Waals surface area contributed by atoms with Crippen molar-refractivity contribution in [2.24, 2.45) is 15.7 Å². The van der Waals surface area contributed by atoms with Crippen LogP contribution in [0.3, 0.4) is 0 Å². The molecule has 8 heteroatoms. The van der Waals surface area contributed by atoms with Crippen LogP contribution in [0.5, 0.6) is 5.75 Å². The molecule has 1 aliphatic heterocycles. The first-order chi connectivity index (χ1) is 11.0. The second-order valence-electron chi connectivity index (χ2n) is 4.88. The Morgan fingerprint density at radius 2 is 2.17 bits per heavy atom. The quantitative estimate of drug-likeness (QED) is 0.797. The van der Waals surface area contributed by atoms with Gasteiger partial charge in [0.25, 0.3) is 0 Å². The van der Waals surface area contributed by atoms with Gasteiger partial charge in [-0.1, -0.05) is 6.58 Å². The van der Waals surface area contributed by atoms with Crippen molar-refractivity contribution >= 4 is 11.9 Å². The zero-order chi connectivity index (χ0) is 16.8. The minimum absolute atomic E-state index is 0.0962. The number of rotatable bonds is 5. The van der Waals surface area contributed by atoms with Crippen molar-refractivity contribution in [3.05, 3.63) is 42.8 Å². The van der Waals surface area contributed by atoms with Crippen molar-refractivity contribution in [2.45, 2.75) is 25.4 Å². The van der Waals surface area contributed by atoms with E-state index >= 15 is 0 Å². The van der Waals surface area contributed by atoms with Crippen LogP contribution in [0.25, 0.3) is 0 Å². The van der Waals surface area contributed by atoms with Crippen molar-refractivity contribution in [1.82, 2.24) is 15.3 Å². The summed E-state index contributed by atoms with van der Waals surface area (Å²) in [6, 6.07) is -0.547. The zero-order valence-corrected chi connectivity index (χ0v) is 13.0. The summed E-state index contributed by atoms with van der Waals surface area (Å²) in [5.41, 5.74) is 5.95. The van der Waals surface area contributed by atoms with Gasteiger partial charge < -0.3 is 15.8 Å². The molecule has 0 aliphatic carbocycles. The number of hydrogen-bond donors (Lipinski definition) is 2. The van der Waals surface area contributed by atoms with E-state index in [-0.39, 0.29) is 18.1 Å². The van der Waals surface area contributed by atoms with E-state index in [1.807, 2.05) is 0 Å². The molecule has 0 bridgehead atoms. The van der Waals surface area contributed by atoms with E-state index < -0.39 is 5.83 Å². The first-order valence-corrected chi connectivity index (χ1v) is 7.07. The highest BCUT2D eigenvalue weighted by Crippen LogP contribution is 2.16. The third kappa shape index (κ3) is 4.43. The summed E-state index contributed by atoms with van der Waals surface area (Å²) in [5.74, 6) is 0.943. The van der Waals surface area contributed by atoms with Crippen LogP contribution in [-0.4, -0.2) is 41.0 Å². The van der Waals surface area contributed by atoms with Gasteiger partial charge in [0, 0.05) is 0 Å². The fourth-order valence-corrected chi connectivity index (χ4v) is 2.06. The van der Waals surface area contributed by atoms with E-state index in [9.17, 15) is 4.39 Å². The van der Waals surface area contributed by atoms with E-state index in [4.69, 9.17) is 10.5 Å². The minimum Gasteiger partial charge on any atom is -0.421 e. The normalized spacial score (nSPS) is 21.4. The molecule has 0 amide bonds. The first-order valence-electron chi connectivity index (χ1n) is 7.07. The van der Waals surface area contributed by atoms with Gasteiger partial charge in [-0.05, 0) is 32.5 Å². The number of aryl methyl sites for hydroxylation is 1. The summed E-state index contributed by atoms with van der Waals surface area (Å²) in [7, 11) is 1.74. The summed E-state index contributed by atoms with van der Waals surface area (Å²) in [4.78, 5) is 16.6. The number of nitrogens with zero attached hydrogens (tertiary/aromatic N) is 4. The number of nitrogens with two attached hydrogens (primary N) is 1. The fourth-order valence-electron chi connectivity index (χ4n) is 2.06. The zero-order valence-electron chi connectivity index (χ0n) is 13.0. The predicted octanol–water partition coefficient (Wildman–Crippen LogP) is 1.28. The average Bonchev–Trinajstić information content (AvgIpc) is 2.54. The second-order valence-corrected chi connectivity index (χ2v) is 4.88. The molecule has 0 radical (unpaired) electrons. The lowest BCUT2D eigenvalue weighted by Gasteiger charge is -2.26. The fraction of sp³-hybridized carbons (Fsp3) is 0.333. The SMILES string of the molecule is C=C/C(F)=C\C[C@H]1N=C(Oc2cnc(C)nc2)N=C(N)C1NC. The predicted molar refractivity (Wildman–Crippen MR) is 87.1 cm³/mol. The highest BCUT2D eigenvalue weighted by atomic mass is 19.1. The standard InChI is InChI=1S/C15H19FN6O/c1-4-10(16)5-6-12-13(18-3)14(17)22-15(21-12)23-11-7-19-9(2)20-8-11/h4-5,7-8,12-13,18H,1,6H2,2-3H3,(H2,17,21,22)/b10-5+/t12-,13?/m1/s1. The molecule has 0 fully saturated rings. The maximum Gasteiger partial charge on any atom is 0.319 e. The molecule has 23 heavy (non-hydrogen) atoms. The molecular weight excluding hydrogens is 299 g/mol. The smallest absolute Gasteiger partial charge is 0.319 e. The van der Waals surface area contributed by atoms with Crippen LogP contribution in [-0.2, 0) is 0 Å². The molecule has 7 nitrogen and oxygen atoms in total. The summed E-state index contributed by atoms with van der Waals surface area (Å²) in [5, 5.41) is 3.02. The van der Waals surface area contributed by atoms with Gasteiger partial charge in [-0.15, -0.1) is 0 Å². The van der Waals surface area contributed by atoms with E-state index in [0.29, 0.717) is 23.8 Å². The Kier molecular flexibility index (Phi) is 5.53. The van der Waals surface area contributed by atoms with E-state index in [1.165, 1.54) is 18.5 Å². The Hall–Kier alpha value is -2.61. The molecule has 2 atom stereocenters. The number of likely N-dealkylation sites (N-methyl/N-ethyl adjacent to an activating group) is 1. The van der Waals surface area contributed by atoms with Crippen molar-refractivity contribution < 1.29 is 9.13 Å². The lowest BCUT2D eigenvalue weighted by Crippen LogP contribution is -2.50. The molecule has 2 rings (SSSR count). The maximum absolute atomic E-state index is 13.3. The van der Waals surface area contributed by atoms with Crippen molar-refractivity contribution in [2.75, 3.05) is 7.05 Å². The van der Waals surface area contributed by atoms with Crippen LogP contribution in [0.15, 0.2) is 46.9 Å². The molecule has 1 aromatic rings. The summed E-state index contributed by atoms with van der Waals surface area (Å²) < 4.78 is 18.8. The number of hydrogen-bond acceptors (Lipinski definition) is 7. The Morgan fingerprint density at radius 3 is 2.78 bits per heavy atom. The molecule has 0 aromatic carbocycles. The van der Waals surface area contributed by atoms with Gasteiger partial charge in [0.1, 0.15) is 17.5 Å². The molecule has 2 heterocycles. The molecule has 1 aliphatic rings. The lowest BCUT2D eigenvalue weighted by atomic mass is 10.0. The number of aromatic nitrogens is 2. The number of ether oxygens (including phenoxy) is 1. The minimum atomic E-state index is -0.412. The Balaban J connectivity index is 2.19. The average molecular weight is 318 g/mol. The molecule has 0 saturated carbocycles. The Bertz CT molecular complexity index is 652. The van der Waals surface area contributed by atoms with Crippen LogP contribution >= 0.6 is 0 Å². The third-order valence-electron chi connectivity index (χ3n) is 3.23. The number of amidine groups is 2. The summed E-state index contributed by atoms with van der Waals surface area (Å²) >= 11 is 0. The monoisotopic (exact) mass is 318 g/mol. The van der Waals surface area contributed by atoms with Gasteiger partial charge in [0.2, 0.25) is 0 Å². The molecular formula is C15H19FN6O. The van der Waals surface area contributed by atoms with Gasteiger partial charge in [-0.3, -0.25) is 0 Å². The first kappa shape index (κ1) is 16.8. The van der Waals surface area contributed by atoms with E-state index in [0.717, 1.165) is 6.08 Å². The van der Waals surface area contributed by atoms with Crippen LogP contribution in [0, 0.1) is 6.92 Å². The molecule has 0 saturated heterocycles. The second kappa shape index (κ2) is 7.59.